The van der Waals surface area contributed by atoms with Gasteiger partial charge in [0.25, 0.3) is 5.91 Å². The van der Waals surface area contributed by atoms with Gasteiger partial charge < -0.3 is 10.6 Å². The van der Waals surface area contributed by atoms with Crippen LogP contribution in [-0.4, -0.2) is 49.6 Å². The van der Waals surface area contributed by atoms with Gasteiger partial charge in [-0.25, -0.2) is 14.5 Å². The summed E-state index contributed by atoms with van der Waals surface area (Å²) in [6.07, 6.45) is 6.17. The van der Waals surface area contributed by atoms with Crippen LogP contribution in [0.2, 0.25) is 0 Å². The SMILES string of the molecule is CC(NC(=O)CN1C(=O)NC2(CCCC2)C1=O)c1ccc(-n2cncn2)cc1. The van der Waals surface area contributed by atoms with Gasteiger partial charge in [0.2, 0.25) is 5.91 Å². The Morgan fingerprint density at radius 2 is 1.96 bits per heavy atom. The standard InChI is InChI=1S/C19H22N6O3/c1-13(14-4-6-15(7-5-14)25-12-20-11-21-25)22-16(26)10-24-17(27)19(23-18(24)28)8-2-3-9-19/h4-7,11-13H,2-3,8-10H2,1H3,(H,22,26)(H,23,28). The molecular weight excluding hydrogens is 360 g/mol. The molecule has 4 amide bonds. The summed E-state index contributed by atoms with van der Waals surface area (Å²) in [5.41, 5.74) is 0.975. The second kappa shape index (κ2) is 7.06. The van der Waals surface area contributed by atoms with E-state index in [-0.39, 0.29) is 24.4 Å². The summed E-state index contributed by atoms with van der Waals surface area (Å²) >= 11 is 0. The van der Waals surface area contributed by atoms with Gasteiger partial charge >= 0.3 is 6.03 Å². The van der Waals surface area contributed by atoms with Crippen LogP contribution in [0.4, 0.5) is 4.79 Å². The van der Waals surface area contributed by atoms with Crippen LogP contribution in [0.25, 0.3) is 5.69 Å². The number of nitrogens with zero attached hydrogens (tertiary/aromatic N) is 4. The lowest BCUT2D eigenvalue weighted by molar-refractivity contribution is -0.135. The Balaban J connectivity index is 1.37. The van der Waals surface area contributed by atoms with Crippen LogP contribution in [0.5, 0.6) is 0 Å². The quantitative estimate of drug-likeness (QED) is 0.758. The summed E-state index contributed by atoms with van der Waals surface area (Å²) in [5.74, 6) is -0.651. The first-order chi connectivity index (χ1) is 13.5. The van der Waals surface area contributed by atoms with E-state index in [1.807, 2.05) is 31.2 Å². The highest BCUT2D eigenvalue weighted by Gasteiger charge is 2.52. The molecule has 146 valence electrons. The minimum Gasteiger partial charge on any atom is -0.348 e. The monoisotopic (exact) mass is 382 g/mol. The Labute approximate surface area is 162 Å². The van der Waals surface area contributed by atoms with Crippen LogP contribution in [-0.2, 0) is 9.59 Å². The van der Waals surface area contributed by atoms with Crippen LogP contribution in [0, 0.1) is 0 Å². The molecule has 9 nitrogen and oxygen atoms in total. The summed E-state index contributed by atoms with van der Waals surface area (Å²) in [6, 6.07) is 6.80. The zero-order valence-electron chi connectivity index (χ0n) is 15.6. The summed E-state index contributed by atoms with van der Waals surface area (Å²) in [7, 11) is 0. The van der Waals surface area contributed by atoms with Gasteiger partial charge in [-0.1, -0.05) is 25.0 Å². The van der Waals surface area contributed by atoms with Gasteiger partial charge in [-0.2, -0.15) is 5.10 Å². The van der Waals surface area contributed by atoms with E-state index in [1.54, 1.807) is 11.0 Å². The molecule has 4 rings (SSSR count). The minimum atomic E-state index is -0.792. The Morgan fingerprint density at radius 3 is 2.61 bits per heavy atom. The van der Waals surface area contributed by atoms with Crippen molar-refractivity contribution >= 4 is 17.8 Å². The number of rotatable bonds is 5. The number of amides is 4. The average molecular weight is 382 g/mol. The predicted octanol–water partition coefficient (Wildman–Crippen LogP) is 1.31. The maximum absolute atomic E-state index is 12.6. The molecule has 1 aromatic carbocycles. The predicted molar refractivity (Wildman–Crippen MR) is 99.4 cm³/mol. The Bertz CT molecular complexity index is 887. The van der Waals surface area contributed by atoms with Crippen molar-refractivity contribution in [2.45, 2.75) is 44.2 Å². The van der Waals surface area contributed by atoms with Crippen LogP contribution in [0.1, 0.15) is 44.2 Å². The van der Waals surface area contributed by atoms with E-state index in [2.05, 4.69) is 20.7 Å². The van der Waals surface area contributed by atoms with E-state index in [0.717, 1.165) is 29.0 Å². The molecule has 1 unspecified atom stereocenters. The number of carbonyl (C=O) groups excluding carboxylic acids is 3. The number of carbonyl (C=O) groups is 3. The molecule has 0 bridgehead atoms. The van der Waals surface area contributed by atoms with Crippen molar-refractivity contribution in [3.05, 3.63) is 42.5 Å². The van der Waals surface area contributed by atoms with Crippen LogP contribution in [0.3, 0.4) is 0 Å². The molecule has 9 heteroatoms. The normalized spacial score (nSPS) is 19.1. The smallest absolute Gasteiger partial charge is 0.325 e. The minimum absolute atomic E-state index is 0.265. The number of hydrogen-bond donors (Lipinski definition) is 2. The number of aromatic nitrogens is 3. The van der Waals surface area contributed by atoms with Gasteiger partial charge in [0.05, 0.1) is 11.7 Å². The first-order valence-corrected chi connectivity index (χ1v) is 9.37. The lowest BCUT2D eigenvalue weighted by Crippen LogP contribution is -2.45. The molecule has 0 radical (unpaired) electrons. The molecule has 1 aromatic heterocycles. The van der Waals surface area contributed by atoms with Gasteiger partial charge in [0.1, 0.15) is 24.7 Å². The van der Waals surface area contributed by atoms with Crippen molar-refractivity contribution in [3.63, 3.8) is 0 Å². The molecular formula is C19H22N6O3. The topological polar surface area (TPSA) is 109 Å². The summed E-state index contributed by atoms with van der Waals surface area (Å²) in [5, 5.41) is 9.70. The third kappa shape index (κ3) is 3.23. The maximum atomic E-state index is 12.6. The van der Waals surface area contributed by atoms with E-state index in [1.165, 1.54) is 6.33 Å². The summed E-state index contributed by atoms with van der Waals surface area (Å²) in [4.78, 5) is 42.2. The zero-order valence-corrected chi connectivity index (χ0v) is 15.6. The molecule has 2 aromatic rings. The number of hydrogen-bond acceptors (Lipinski definition) is 5. The Hall–Kier alpha value is -3.23. The molecule has 2 heterocycles. The molecule has 1 saturated heterocycles. The van der Waals surface area contributed by atoms with Crippen molar-refractivity contribution in [2.24, 2.45) is 0 Å². The Kier molecular flexibility index (Phi) is 4.58. The van der Waals surface area contributed by atoms with E-state index in [4.69, 9.17) is 0 Å². The van der Waals surface area contributed by atoms with Gasteiger partial charge in [-0.15, -0.1) is 0 Å². The van der Waals surface area contributed by atoms with Crippen molar-refractivity contribution in [2.75, 3.05) is 6.54 Å². The Morgan fingerprint density at radius 1 is 1.25 bits per heavy atom. The molecule has 1 aliphatic heterocycles. The molecule has 2 N–H and O–H groups in total. The van der Waals surface area contributed by atoms with E-state index >= 15 is 0 Å². The van der Waals surface area contributed by atoms with E-state index in [0.29, 0.717) is 12.8 Å². The van der Waals surface area contributed by atoms with Gasteiger partial charge in [-0.05, 0) is 37.5 Å². The van der Waals surface area contributed by atoms with Crippen molar-refractivity contribution in [1.82, 2.24) is 30.3 Å². The van der Waals surface area contributed by atoms with Crippen molar-refractivity contribution < 1.29 is 14.4 Å². The molecule has 28 heavy (non-hydrogen) atoms. The third-order valence-electron chi connectivity index (χ3n) is 5.46. The summed E-state index contributed by atoms with van der Waals surface area (Å²) in [6.45, 7) is 1.58. The average Bonchev–Trinajstić information content (AvgIpc) is 3.42. The molecule has 1 spiro atoms. The highest BCUT2D eigenvalue weighted by atomic mass is 16.2. The molecule has 1 atom stereocenters. The highest BCUT2D eigenvalue weighted by molar-refractivity contribution is 6.09. The third-order valence-corrected chi connectivity index (χ3v) is 5.46. The zero-order chi connectivity index (χ0) is 19.7. The lowest BCUT2D eigenvalue weighted by Gasteiger charge is -2.20. The van der Waals surface area contributed by atoms with Crippen molar-refractivity contribution in [1.29, 1.82) is 0 Å². The van der Waals surface area contributed by atoms with Gasteiger partial charge in [0, 0.05) is 0 Å². The summed E-state index contributed by atoms with van der Waals surface area (Å²) < 4.78 is 1.64. The van der Waals surface area contributed by atoms with E-state index < -0.39 is 11.6 Å². The number of benzene rings is 1. The number of urea groups is 1. The highest BCUT2D eigenvalue weighted by Crippen LogP contribution is 2.34. The largest absolute Gasteiger partial charge is 0.348 e. The van der Waals surface area contributed by atoms with E-state index in [9.17, 15) is 14.4 Å². The van der Waals surface area contributed by atoms with Crippen LogP contribution in [0.15, 0.2) is 36.9 Å². The first-order valence-electron chi connectivity index (χ1n) is 9.37. The molecule has 2 aliphatic rings. The molecule has 1 aliphatic carbocycles. The second-order valence-corrected chi connectivity index (χ2v) is 7.33. The first kappa shape index (κ1) is 18.1. The fourth-order valence-corrected chi connectivity index (χ4v) is 3.91. The maximum Gasteiger partial charge on any atom is 0.325 e. The lowest BCUT2D eigenvalue weighted by atomic mass is 9.98. The van der Waals surface area contributed by atoms with Gasteiger partial charge in [0.15, 0.2) is 0 Å². The second-order valence-electron chi connectivity index (χ2n) is 7.33. The number of imide groups is 1. The molecule has 2 fully saturated rings. The fourth-order valence-electron chi connectivity index (χ4n) is 3.91. The van der Waals surface area contributed by atoms with Crippen molar-refractivity contribution in [3.8, 4) is 5.69 Å². The van der Waals surface area contributed by atoms with Crippen LogP contribution >= 0.6 is 0 Å². The number of nitrogens with one attached hydrogen (secondary N) is 2. The van der Waals surface area contributed by atoms with Crippen LogP contribution < -0.4 is 10.6 Å². The molecule has 1 saturated carbocycles. The fraction of sp³-hybridized carbons (Fsp3) is 0.421. The van der Waals surface area contributed by atoms with Gasteiger partial charge in [-0.3, -0.25) is 14.5 Å².